The molecule has 0 saturated carbocycles. The van der Waals surface area contributed by atoms with E-state index >= 15 is 0 Å². The highest BCUT2D eigenvalue weighted by Gasteiger charge is 2.34. The van der Waals surface area contributed by atoms with Crippen molar-refractivity contribution >= 4 is 29.3 Å². The molecule has 0 radical (unpaired) electrons. The number of nitrogens with one attached hydrogen (secondary N) is 4. The zero-order valence-corrected chi connectivity index (χ0v) is 20.8. The molecule has 2 fully saturated rings. The SMILES string of the molecule is CCC1CC(Nc2nc(Nc3cc(C)[nH]n3)cc(N3CCNC(=O)C3)n2)CC(CC)N1CCC#N. The van der Waals surface area contributed by atoms with E-state index in [1.807, 2.05) is 24.0 Å². The number of piperidine rings is 1. The second-order valence-corrected chi connectivity index (χ2v) is 9.35. The van der Waals surface area contributed by atoms with Gasteiger partial charge < -0.3 is 20.9 Å². The van der Waals surface area contributed by atoms with Gasteiger partial charge in [0.25, 0.3) is 0 Å². The third-order valence-corrected chi connectivity index (χ3v) is 6.85. The minimum atomic E-state index is -0.0110. The fourth-order valence-electron chi connectivity index (χ4n) is 5.14. The van der Waals surface area contributed by atoms with Crippen LogP contribution in [0.4, 0.5) is 23.4 Å². The second-order valence-electron chi connectivity index (χ2n) is 9.35. The van der Waals surface area contributed by atoms with Gasteiger partial charge in [-0.2, -0.15) is 20.3 Å². The van der Waals surface area contributed by atoms with E-state index in [1.165, 1.54) is 0 Å². The number of likely N-dealkylation sites (tertiary alicyclic amines) is 1. The number of hydrogen-bond donors (Lipinski definition) is 4. The molecule has 0 aromatic carbocycles. The van der Waals surface area contributed by atoms with Crippen LogP contribution in [0.1, 0.15) is 51.6 Å². The molecule has 11 nitrogen and oxygen atoms in total. The maximum Gasteiger partial charge on any atom is 0.239 e. The van der Waals surface area contributed by atoms with Crippen molar-refractivity contribution in [3.8, 4) is 6.07 Å². The summed E-state index contributed by atoms with van der Waals surface area (Å²) < 4.78 is 0. The number of hydrogen-bond acceptors (Lipinski definition) is 9. The monoisotopic (exact) mass is 480 g/mol. The van der Waals surface area contributed by atoms with Crippen molar-refractivity contribution in [2.45, 2.75) is 71.0 Å². The van der Waals surface area contributed by atoms with Gasteiger partial charge >= 0.3 is 0 Å². The van der Waals surface area contributed by atoms with Crippen LogP contribution in [0, 0.1) is 18.3 Å². The first-order valence-electron chi connectivity index (χ1n) is 12.6. The van der Waals surface area contributed by atoms with Crippen LogP contribution in [-0.2, 0) is 4.79 Å². The van der Waals surface area contributed by atoms with Crippen molar-refractivity contribution in [1.82, 2.24) is 30.4 Å². The van der Waals surface area contributed by atoms with Gasteiger partial charge in [-0.3, -0.25) is 14.8 Å². The Balaban J connectivity index is 1.56. The zero-order chi connectivity index (χ0) is 24.8. The first-order valence-corrected chi connectivity index (χ1v) is 12.6. The fraction of sp³-hybridized carbons (Fsp3) is 0.625. The number of nitriles is 1. The molecule has 2 unspecified atom stereocenters. The zero-order valence-electron chi connectivity index (χ0n) is 20.8. The highest BCUT2D eigenvalue weighted by Crippen LogP contribution is 2.30. The van der Waals surface area contributed by atoms with Gasteiger partial charge in [-0.25, -0.2) is 0 Å². The Morgan fingerprint density at radius 3 is 2.57 bits per heavy atom. The molecule has 2 aromatic heterocycles. The van der Waals surface area contributed by atoms with Gasteiger partial charge in [0.2, 0.25) is 11.9 Å². The van der Waals surface area contributed by atoms with Crippen molar-refractivity contribution < 1.29 is 4.79 Å². The largest absolute Gasteiger partial charge is 0.353 e. The molecular weight excluding hydrogens is 444 g/mol. The first-order chi connectivity index (χ1) is 17.0. The lowest BCUT2D eigenvalue weighted by Gasteiger charge is -2.45. The second kappa shape index (κ2) is 11.4. The standard InChI is InChI=1S/C24H36N10O/c1-4-18-12-17(13-19(5-2)34(18)9-6-7-25)27-24-29-20(28-21-11-16(3)31-32-21)14-22(30-24)33-10-8-26-23(35)15-33/h11,14,17-19H,4-6,8-10,12-13,15H2,1-3H3,(H,26,35)(H3,27,28,29,30,31,32). The summed E-state index contributed by atoms with van der Waals surface area (Å²) in [6.45, 7) is 8.74. The molecule has 4 rings (SSSR count). The number of aryl methyl sites for hydroxylation is 1. The third kappa shape index (κ3) is 6.19. The first kappa shape index (κ1) is 24.7. The molecule has 188 valence electrons. The van der Waals surface area contributed by atoms with E-state index in [4.69, 9.17) is 15.2 Å². The van der Waals surface area contributed by atoms with Crippen LogP contribution in [0.2, 0.25) is 0 Å². The Bertz CT molecular complexity index is 1030. The van der Waals surface area contributed by atoms with Gasteiger partial charge in [0.05, 0.1) is 12.6 Å². The van der Waals surface area contributed by atoms with Crippen LogP contribution in [-0.4, -0.2) is 75.3 Å². The lowest BCUT2D eigenvalue weighted by atomic mass is 9.88. The molecule has 1 amide bonds. The number of rotatable bonds is 9. The molecule has 2 aliphatic rings. The molecule has 2 aromatic rings. The molecule has 2 aliphatic heterocycles. The Morgan fingerprint density at radius 1 is 1.17 bits per heavy atom. The molecule has 2 atom stereocenters. The highest BCUT2D eigenvalue weighted by molar-refractivity contribution is 5.82. The smallest absolute Gasteiger partial charge is 0.239 e. The molecular formula is C24H36N10O. The van der Waals surface area contributed by atoms with E-state index in [0.29, 0.717) is 55.0 Å². The van der Waals surface area contributed by atoms with Crippen LogP contribution < -0.4 is 20.9 Å². The minimum Gasteiger partial charge on any atom is -0.353 e. The minimum absolute atomic E-state index is 0.0110. The molecule has 0 bridgehead atoms. The lowest BCUT2D eigenvalue weighted by Crippen LogP contribution is -2.52. The molecule has 0 aliphatic carbocycles. The number of H-pyrrole nitrogens is 1. The Morgan fingerprint density at radius 2 is 1.94 bits per heavy atom. The van der Waals surface area contributed by atoms with Crippen molar-refractivity contribution in [3.63, 3.8) is 0 Å². The number of carbonyl (C=O) groups excluding carboxylic acids is 1. The number of aromatic nitrogens is 4. The van der Waals surface area contributed by atoms with Gasteiger partial charge in [-0.15, -0.1) is 0 Å². The summed E-state index contributed by atoms with van der Waals surface area (Å²) in [4.78, 5) is 26.0. The van der Waals surface area contributed by atoms with Crippen molar-refractivity contribution in [3.05, 3.63) is 17.8 Å². The number of amides is 1. The topological polar surface area (TPSA) is 138 Å². The summed E-state index contributed by atoms with van der Waals surface area (Å²) in [6.07, 6.45) is 4.57. The number of nitrogens with zero attached hydrogens (tertiary/aromatic N) is 6. The summed E-state index contributed by atoms with van der Waals surface area (Å²) >= 11 is 0. The van der Waals surface area contributed by atoms with E-state index in [9.17, 15) is 4.79 Å². The Hall–Kier alpha value is -3.39. The predicted molar refractivity (Wildman–Crippen MR) is 136 cm³/mol. The van der Waals surface area contributed by atoms with E-state index in [-0.39, 0.29) is 18.5 Å². The van der Waals surface area contributed by atoms with Gasteiger partial charge in [-0.05, 0) is 32.6 Å². The van der Waals surface area contributed by atoms with Crippen LogP contribution in [0.5, 0.6) is 0 Å². The number of anilines is 4. The van der Waals surface area contributed by atoms with Crippen LogP contribution >= 0.6 is 0 Å². The highest BCUT2D eigenvalue weighted by atomic mass is 16.2. The lowest BCUT2D eigenvalue weighted by molar-refractivity contribution is -0.120. The Labute approximate surface area is 206 Å². The van der Waals surface area contributed by atoms with Gasteiger partial charge in [0.1, 0.15) is 11.6 Å². The van der Waals surface area contributed by atoms with Gasteiger partial charge in [0.15, 0.2) is 5.82 Å². The van der Waals surface area contributed by atoms with Crippen molar-refractivity contribution in [2.75, 3.05) is 41.7 Å². The molecule has 11 heteroatoms. The number of aromatic amines is 1. The number of piperazine rings is 1. The fourth-order valence-corrected chi connectivity index (χ4v) is 5.14. The van der Waals surface area contributed by atoms with Crippen molar-refractivity contribution in [2.24, 2.45) is 0 Å². The van der Waals surface area contributed by atoms with Gasteiger partial charge in [0, 0.05) is 62.0 Å². The maximum absolute atomic E-state index is 12.0. The van der Waals surface area contributed by atoms with Crippen LogP contribution in [0.3, 0.4) is 0 Å². The quantitative estimate of drug-likeness (QED) is 0.426. The van der Waals surface area contributed by atoms with E-state index in [1.54, 1.807) is 0 Å². The van der Waals surface area contributed by atoms with E-state index in [2.05, 4.69) is 51.0 Å². The van der Waals surface area contributed by atoms with Crippen LogP contribution in [0.25, 0.3) is 0 Å². The number of carbonyl (C=O) groups is 1. The maximum atomic E-state index is 12.0. The molecule has 2 saturated heterocycles. The van der Waals surface area contributed by atoms with E-state index in [0.717, 1.165) is 37.9 Å². The average Bonchev–Trinajstić information content (AvgIpc) is 3.26. The Kier molecular flexibility index (Phi) is 8.02. The van der Waals surface area contributed by atoms with Crippen LogP contribution in [0.15, 0.2) is 12.1 Å². The molecule has 4 heterocycles. The summed E-state index contributed by atoms with van der Waals surface area (Å²) in [6, 6.07) is 7.13. The van der Waals surface area contributed by atoms with E-state index < -0.39 is 0 Å². The molecule has 4 N–H and O–H groups in total. The summed E-state index contributed by atoms with van der Waals surface area (Å²) in [5.74, 6) is 2.54. The average molecular weight is 481 g/mol. The van der Waals surface area contributed by atoms with Crippen molar-refractivity contribution in [1.29, 1.82) is 5.26 Å². The molecule has 35 heavy (non-hydrogen) atoms. The predicted octanol–water partition coefficient (Wildman–Crippen LogP) is 2.54. The summed E-state index contributed by atoms with van der Waals surface area (Å²) in [7, 11) is 0. The third-order valence-electron chi connectivity index (χ3n) is 6.85. The van der Waals surface area contributed by atoms with Gasteiger partial charge in [-0.1, -0.05) is 13.8 Å². The normalized spacial score (nSPS) is 23.0. The summed E-state index contributed by atoms with van der Waals surface area (Å²) in [5, 5.41) is 26.0. The summed E-state index contributed by atoms with van der Waals surface area (Å²) in [5.41, 5.74) is 0.951. The molecule has 0 spiro atoms.